The van der Waals surface area contributed by atoms with Gasteiger partial charge in [0.1, 0.15) is 13.2 Å². The Hall–Kier alpha value is -0.760. The first-order chi connectivity index (χ1) is 19.0. The number of allylic oxidation sites excluding steroid dienone is 2. The van der Waals surface area contributed by atoms with Crippen molar-refractivity contribution in [2.45, 2.75) is 142 Å². The van der Waals surface area contributed by atoms with Gasteiger partial charge in [-0.1, -0.05) is 96.6 Å². The number of likely N-dealkylation sites (N-methyl/N-ethyl adjacent to an activating group) is 1. The Kier molecular flexibility index (Phi) is 24.3. The van der Waals surface area contributed by atoms with Crippen molar-refractivity contribution in [2.24, 2.45) is 0 Å². The van der Waals surface area contributed by atoms with Gasteiger partial charge in [0, 0.05) is 6.42 Å². The predicted octanol–water partition coefficient (Wildman–Crippen LogP) is 6.66. The minimum absolute atomic E-state index is 0.0105. The van der Waals surface area contributed by atoms with Gasteiger partial charge in [-0.15, -0.1) is 0 Å². The van der Waals surface area contributed by atoms with E-state index >= 15 is 0 Å². The molecule has 0 aromatic carbocycles. The Morgan fingerprint density at radius 1 is 0.850 bits per heavy atom. The van der Waals surface area contributed by atoms with Crippen molar-refractivity contribution < 1.29 is 32.9 Å². The minimum atomic E-state index is -4.53. The number of hydrogen-bond donors (Lipinski definition) is 2. The molecule has 0 aromatic rings. The van der Waals surface area contributed by atoms with Gasteiger partial charge in [-0.25, -0.2) is 0 Å². The topological polar surface area (TPSA) is 108 Å². The highest BCUT2D eigenvalue weighted by atomic mass is 31.2. The largest absolute Gasteiger partial charge is 0.756 e. The van der Waals surface area contributed by atoms with Crippen LogP contribution in [-0.4, -0.2) is 68.5 Å². The van der Waals surface area contributed by atoms with Gasteiger partial charge in [0.15, 0.2) is 0 Å². The van der Waals surface area contributed by atoms with E-state index in [0.717, 1.165) is 64.2 Å². The summed E-state index contributed by atoms with van der Waals surface area (Å²) < 4.78 is 22.9. The summed E-state index contributed by atoms with van der Waals surface area (Å²) in [5.74, 6) is -0.184. The molecule has 0 bridgehead atoms. The highest BCUT2D eigenvalue weighted by Crippen LogP contribution is 2.38. The normalized spacial score (nSPS) is 15.3. The van der Waals surface area contributed by atoms with E-state index in [9.17, 15) is 19.4 Å². The zero-order valence-corrected chi connectivity index (χ0v) is 27.4. The number of phosphoric acid groups is 1. The number of amides is 1. The van der Waals surface area contributed by atoms with Crippen LogP contribution < -0.4 is 10.2 Å². The van der Waals surface area contributed by atoms with Crippen molar-refractivity contribution >= 4 is 13.7 Å². The Balaban J connectivity index is 4.43. The molecular weight excluding hydrogens is 527 g/mol. The Bertz CT molecular complexity index is 683. The molecule has 0 heterocycles. The summed E-state index contributed by atoms with van der Waals surface area (Å²) in [5, 5.41) is 13.6. The lowest BCUT2D eigenvalue weighted by Gasteiger charge is -2.30. The number of carbonyl (C=O) groups is 1. The fraction of sp³-hybridized carbons (Fsp3) is 0.903. The van der Waals surface area contributed by atoms with Crippen LogP contribution in [0.5, 0.6) is 0 Å². The third-order valence-electron chi connectivity index (χ3n) is 7.00. The fourth-order valence-electron chi connectivity index (χ4n) is 4.32. The number of nitrogens with zero attached hydrogens (tertiary/aromatic N) is 1. The highest BCUT2D eigenvalue weighted by Gasteiger charge is 2.24. The molecule has 0 saturated carbocycles. The summed E-state index contributed by atoms with van der Waals surface area (Å²) >= 11 is 0. The molecule has 3 atom stereocenters. The Morgan fingerprint density at radius 2 is 1.38 bits per heavy atom. The van der Waals surface area contributed by atoms with Crippen LogP contribution in [0.4, 0.5) is 0 Å². The number of carbonyl (C=O) groups excluding carboxylic acids is 1. The van der Waals surface area contributed by atoms with Crippen molar-refractivity contribution in [3.8, 4) is 0 Å². The van der Waals surface area contributed by atoms with Crippen molar-refractivity contribution in [3.05, 3.63) is 12.2 Å². The van der Waals surface area contributed by atoms with Gasteiger partial charge in [0.05, 0.1) is 39.9 Å². The monoisotopic (exact) mass is 590 g/mol. The van der Waals surface area contributed by atoms with Crippen LogP contribution >= 0.6 is 7.82 Å². The second-order valence-corrected chi connectivity index (χ2v) is 13.6. The molecule has 0 rings (SSSR count). The SMILES string of the molecule is CCCCCC/C=C\CCCCCCCC(=O)NC(COP(=O)([O-])OCC[N+](C)(C)C)C(O)CCCCCCC. The highest BCUT2D eigenvalue weighted by molar-refractivity contribution is 7.45. The van der Waals surface area contributed by atoms with E-state index in [4.69, 9.17) is 9.05 Å². The number of phosphoric ester groups is 1. The number of aliphatic hydroxyl groups is 1. The van der Waals surface area contributed by atoms with Crippen molar-refractivity contribution in [2.75, 3.05) is 40.9 Å². The summed E-state index contributed by atoms with van der Waals surface area (Å²) in [4.78, 5) is 24.9. The van der Waals surface area contributed by atoms with E-state index in [-0.39, 0.29) is 19.1 Å². The lowest BCUT2D eigenvalue weighted by atomic mass is 10.0. The van der Waals surface area contributed by atoms with E-state index in [1.807, 2.05) is 21.1 Å². The molecule has 238 valence electrons. The number of hydrogen-bond acceptors (Lipinski definition) is 6. The molecule has 0 aliphatic heterocycles. The molecule has 9 heteroatoms. The molecule has 0 aliphatic carbocycles. The van der Waals surface area contributed by atoms with Gasteiger partial charge >= 0.3 is 0 Å². The smallest absolute Gasteiger partial charge is 0.268 e. The van der Waals surface area contributed by atoms with Gasteiger partial charge in [-0.3, -0.25) is 9.36 Å². The number of rotatable bonds is 28. The summed E-state index contributed by atoms with van der Waals surface area (Å²) in [6.45, 7) is 4.56. The third-order valence-corrected chi connectivity index (χ3v) is 7.97. The molecule has 2 N–H and O–H groups in total. The maximum atomic E-state index is 12.6. The lowest BCUT2D eigenvalue weighted by molar-refractivity contribution is -0.870. The van der Waals surface area contributed by atoms with E-state index in [1.165, 1.54) is 38.5 Å². The summed E-state index contributed by atoms with van der Waals surface area (Å²) in [6.07, 6.45) is 22.5. The number of quaternary nitrogens is 1. The van der Waals surface area contributed by atoms with Crippen LogP contribution in [0.15, 0.2) is 12.2 Å². The fourth-order valence-corrected chi connectivity index (χ4v) is 5.05. The average Bonchev–Trinajstić information content (AvgIpc) is 2.88. The van der Waals surface area contributed by atoms with Crippen LogP contribution in [-0.2, 0) is 18.4 Å². The van der Waals surface area contributed by atoms with Crippen molar-refractivity contribution in [3.63, 3.8) is 0 Å². The lowest BCUT2D eigenvalue weighted by Crippen LogP contribution is -2.46. The Morgan fingerprint density at radius 3 is 1.98 bits per heavy atom. The summed E-state index contributed by atoms with van der Waals surface area (Å²) in [7, 11) is 1.29. The number of unbranched alkanes of at least 4 members (excludes halogenated alkanes) is 13. The van der Waals surface area contributed by atoms with E-state index < -0.39 is 20.0 Å². The summed E-state index contributed by atoms with van der Waals surface area (Å²) in [5.41, 5.74) is 0. The molecular formula is C31H63N2O6P. The molecule has 0 aliphatic rings. The van der Waals surface area contributed by atoms with Crippen LogP contribution in [0.1, 0.15) is 129 Å². The standard InChI is InChI=1S/C31H63N2O6P/c1-6-8-10-12-13-14-15-16-17-18-19-21-23-25-31(35)32-29(30(34)24-22-20-11-9-7-2)28-39-40(36,37)38-27-26-33(3,4)5/h14-15,29-30,34H,6-13,16-28H2,1-5H3,(H-,32,35,36,37)/b15-14-. The van der Waals surface area contributed by atoms with Gasteiger partial charge in [-0.2, -0.15) is 0 Å². The maximum absolute atomic E-state index is 12.6. The zero-order chi connectivity index (χ0) is 30.1. The number of nitrogens with one attached hydrogen (secondary N) is 1. The molecule has 3 unspecified atom stereocenters. The van der Waals surface area contributed by atoms with E-state index in [0.29, 0.717) is 23.9 Å². The molecule has 0 aromatic heterocycles. The first-order valence-electron chi connectivity index (χ1n) is 16.0. The number of aliphatic hydroxyl groups excluding tert-OH is 1. The first kappa shape index (κ1) is 39.2. The molecule has 8 nitrogen and oxygen atoms in total. The zero-order valence-electron chi connectivity index (χ0n) is 26.5. The average molecular weight is 591 g/mol. The predicted molar refractivity (Wildman–Crippen MR) is 164 cm³/mol. The second kappa shape index (κ2) is 24.8. The molecule has 40 heavy (non-hydrogen) atoms. The van der Waals surface area contributed by atoms with Gasteiger partial charge < -0.3 is 28.8 Å². The van der Waals surface area contributed by atoms with Crippen molar-refractivity contribution in [1.82, 2.24) is 5.32 Å². The minimum Gasteiger partial charge on any atom is -0.756 e. The van der Waals surface area contributed by atoms with Crippen LogP contribution in [0, 0.1) is 0 Å². The quantitative estimate of drug-likeness (QED) is 0.0457. The summed E-state index contributed by atoms with van der Waals surface area (Å²) in [6, 6.07) is -0.795. The van der Waals surface area contributed by atoms with Crippen LogP contribution in [0.2, 0.25) is 0 Å². The molecule has 0 radical (unpaired) electrons. The Labute approximate surface area is 246 Å². The van der Waals surface area contributed by atoms with Gasteiger partial charge in [0.2, 0.25) is 5.91 Å². The van der Waals surface area contributed by atoms with Crippen molar-refractivity contribution in [1.29, 1.82) is 0 Å². The maximum Gasteiger partial charge on any atom is 0.268 e. The molecule has 0 fully saturated rings. The van der Waals surface area contributed by atoms with E-state index in [1.54, 1.807) is 0 Å². The van der Waals surface area contributed by atoms with Gasteiger partial charge in [0.25, 0.3) is 7.82 Å². The van der Waals surface area contributed by atoms with Crippen LogP contribution in [0.25, 0.3) is 0 Å². The van der Waals surface area contributed by atoms with E-state index in [2.05, 4.69) is 31.3 Å². The van der Waals surface area contributed by atoms with Gasteiger partial charge in [-0.05, 0) is 38.5 Å². The molecule has 0 spiro atoms. The van der Waals surface area contributed by atoms with Crippen LogP contribution in [0.3, 0.4) is 0 Å². The third kappa shape index (κ3) is 26.2. The second-order valence-electron chi connectivity index (χ2n) is 12.2. The first-order valence-corrected chi connectivity index (χ1v) is 17.5. The molecule has 1 amide bonds. The molecule has 0 saturated heterocycles.